The van der Waals surface area contributed by atoms with Gasteiger partial charge in [-0.1, -0.05) is 30.3 Å². The van der Waals surface area contributed by atoms with Crippen LogP contribution in [0.1, 0.15) is 28.6 Å². The van der Waals surface area contributed by atoms with Crippen molar-refractivity contribution < 1.29 is 0 Å². The second kappa shape index (κ2) is 4.58. The summed E-state index contributed by atoms with van der Waals surface area (Å²) < 4.78 is 2.01. The van der Waals surface area contributed by atoms with Gasteiger partial charge in [0.15, 0.2) is 0 Å². The van der Waals surface area contributed by atoms with Crippen molar-refractivity contribution in [2.45, 2.75) is 25.8 Å². The van der Waals surface area contributed by atoms with Crippen molar-refractivity contribution in [2.75, 3.05) is 6.54 Å². The molecular formula is C15H19N3. The van der Waals surface area contributed by atoms with E-state index in [1.165, 1.54) is 22.5 Å². The number of fused-ring (bicyclic) bond motifs is 1. The summed E-state index contributed by atoms with van der Waals surface area (Å²) in [4.78, 5) is 0. The number of aromatic nitrogens is 2. The second-order valence-corrected chi connectivity index (χ2v) is 5.02. The Morgan fingerprint density at radius 2 is 2.11 bits per heavy atom. The minimum atomic E-state index is 0.407. The molecule has 0 radical (unpaired) electrons. The van der Waals surface area contributed by atoms with Gasteiger partial charge in [-0.2, -0.15) is 5.10 Å². The lowest BCUT2D eigenvalue weighted by Crippen LogP contribution is -2.31. The zero-order valence-corrected chi connectivity index (χ0v) is 11.0. The van der Waals surface area contributed by atoms with E-state index in [-0.39, 0.29) is 0 Å². The topological polar surface area (TPSA) is 29.9 Å². The van der Waals surface area contributed by atoms with Gasteiger partial charge in [-0.3, -0.25) is 4.68 Å². The summed E-state index contributed by atoms with van der Waals surface area (Å²) in [6.07, 6.45) is 2.09. The number of nitrogens with zero attached hydrogens (tertiary/aromatic N) is 2. The molecule has 94 valence electrons. The third-order valence-corrected chi connectivity index (χ3v) is 3.84. The van der Waals surface area contributed by atoms with Crippen LogP contribution in [0.25, 0.3) is 0 Å². The molecule has 3 nitrogen and oxygen atoms in total. The van der Waals surface area contributed by atoms with Gasteiger partial charge in [-0.15, -0.1) is 0 Å². The molecule has 1 aromatic carbocycles. The maximum Gasteiger partial charge on any atom is 0.0687 e. The highest BCUT2D eigenvalue weighted by molar-refractivity contribution is 5.33. The summed E-state index contributed by atoms with van der Waals surface area (Å²) >= 11 is 0. The Labute approximate surface area is 108 Å². The Hall–Kier alpha value is -1.61. The predicted molar refractivity (Wildman–Crippen MR) is 72.5 cm³/mol. The van der Waals surface area contributed by atoms with E-state index in [1.807, 2.05) is 11.7 Å². The third kappa shape index (κ3) is 1.95. The largest absolute Gasteiger partial charge is 0.309 e. The number of nitrogens with one attached hydrogen (secondary N) is 1. The lowest BCUT2D eigenvalue weighted by atomic mass is 9.93. The first-order valence-electron chi connectivity index (χ1n) is 6.55. The van der Waals surface area contributed by atoms with Crippen LogP contribution in [-0.4, -0.2) is 16.3 Å². The molecule has 0 spiro atoms. The average molecular weight is 241 g/mol. The van der Waals surface area contributed by atoms with Gasteiger partial charge < -0.3 is 5.32 Å². The van der Waals surface area contributed by atoms with E-state index in [0.717, 1.165) is 19.4 Å². The maximum absolute atomic E-state index is 4.62. The molecule has 1 N–H and O–H groups in total. The fraction of sp³-hybridized carbons (Fsp3) is 0.400. The van der Waals surface area contributed by atoms with Crippen molar-refractivity contribution in [2.24, 2.45) is 7.05 Å². The van der Waals surface area contributed by atoms with E-state index in [9.17, 15) is 0 Å². The van der Waals surface area contributed by atoms with Crippen molar-refractivity contribution in [3.05, 3.63) is 52.8 Å². The minimum absolute atomic E-state index is 0.407. The second-order valence-electron chi connectivity index (χ2n) is 5.02. The first-order valence-corrected chi connectivity index (χ1v) is 6.55. The first kappa shape index (κ1) is 11.5. The highest BCUT2D eigenvalue weighted by Gasteiger charge is 2.25. The van der Waals surface area contributed by atoms with Gasteiger partial charge in [0.1, 0.15) is 0 Å². The van der Waals surface area contributed by atoms with E-state index in [1.54, 1.807) is 0 Å². The molecule has 0 saturated carbocycles. The normalized spacial score (nSPS) is 18.7. The van der Waals surface area contributed by atoms with Crippen molar-refractivity contribution in [3.8, 4) is 0 Å². The van der Waals surface area contributed by atoms with Crippen LogP contribution in [0.15, 0.2) is 30.3 Å². The molecule has 3 heteroatoms. The molecule has 0 saturated heterocycles. The molecule has 1 aromatic heterocycles. The molecule has 18 heavy (non-hydrogen) atoms. The lowest BCUT2D eigenvalue weighted by Gasteiger charge is -2.24. The highest BCUT2D eigenvalue weighted by Crippen LogP contribution is 2.28. The van der Waals surface area contributed by atoms with Crippen molar-refractivity contribution in [3.63, 3.8) is 0 Å². The molecule has 0 amide bonds. The Bertz CT molecular complexity index is 542. The average Bonchev–Trinajstić information content (AvgIpc) is 2.67. The molecule has 1 aliphatic rings. The number of aryl methyl sites for hydroxylation is 1. The standard InChI is InChI=1S/C15H19N3/c1-11-15-13(17-18(11)2)8-9-16-14(15)10-12-6-4-3-5-7-12/h3-7,14,16H,8-10H2,1-2H3. The lowest BCUT2D eigenvalue weighted by molar-refractivity contribution is 0.498. The molecule has 1 atom stereocenters. The fourth-order valence-corrected chi connectivity index (χ4v) is 2.82. The summed E-state index contributed by atoms with van der Waals surface area (Å²) in [6.45, 7) is 3.19. The van der Waals surface area contributed by atoms with E-state index in [2.05, 4.69) is 47.7 Å². The molecule has 2 heterocycles. The predicted octanol–water partition coefficient (Wildman–Crippen LogP) is 2.16. The molecule has 1 unspecified atom stereocenters. The summed E-state index contributed by atoms with van der Waals surface area (Å²) in [7, 11) is 2.03. The first-order chi connectivity index (χ1) is 8.75. The van der Waals surface area contributed by atoms with Crippen LogP contribution in [0.3, 0.4) is 0 Å². The zero-order valence-electron chi connectivity index (χ0n) is 11.0. The van der Waals surface area contributed by atoms with E-state index >= 15 is 0 Å². The van der Waals surface area contributed by atoms with Crippen LogP contribution in [0.4, 0.5) is 0 Å². The van der Waals surface area contributed by atoms with Crippen molar-refractivity contribution >= 4 is 0 Å². The zero-order chi connectivity index (χ0) is 12.5. The summed E-state index contributed by atoms with van der Waals surface area (Å²) in [5.41, 5.74) is 5.35. The SMILES string of the molecule is Cc1c2c(nn1C)CCNC2Cc1ccccc1. The number of hydrogen-bond donors (Lipinski definition) is 1. The highest BCUT2D eigenvalue weighted by atomic mass is 15.3. The fourth-order valence-electron chi connectivity index (χ4n) is 2.82. The van der Waals surface area contributed by atoms with Gasteiger partial charge in [0.25, 0.3) is 0 Å². The number of benzene rings is 1. The quantitative estimate of drug-likeness (QED) is 0.873. The molecule has 0 bridgehead atoms. The van der Waals surface area contributed by atoms with Crippen LogP contribution >= 0.6 is 0 Å². The molecule has 0 fully saturated rings. The minimum Gasteiger partial charge on any atom is -0.309 e. The third-order valence-electron chi connectivity index (χ3n) is 3.84. The molecule has 0 aliphatic carbocycles. The summed E-state index contributed by atoms with van der Waals surface area (Å²) in [6, 6.07) is 11.1. The number of rotatable bonds is 2. The van der Waals surface area contributed by atoms with E-state index in [0.29, 0.717) is 6.04 Å². The van der Waals surface area contributed by atoms with E-state index in [4.69, 9.17) is 0 Å². The monoisotopic (exact) mass is 241 g/mol. The van der Waals surface area contributed by atoms with Gasteiger partial charge in [0, 0.05) is 37.3 Å². The Kier molecular flexibility index (Phi) is 2.92. The summed E-state index contributed by atoms with van der Waals surface area (Å²) in [5, 5.41) is 8.24. The van der Waals surface area contributed by atoms with Gasteiger partial charge in [0.2, 0.25) is 0 Å². The van der Waals surface area contributed by atoms with Crippen molar-refractivity contribution in [1.29, 1.82) is 0 Å². The molecule has 1 aliphatic heterocycles. The van der Waals surface area contributed by atoms with Gasteiger partial charge in [0.05, 0.1) is 5.69 Å². The van der Waals surface area contributed by atoms with Gasteiger partial charge in [-0.05, 0) is 18.9 Å². The van der Waals surface area contributed by atoms with Crippen LogP contribution in [0.2, 0.25) is 0 Å². The molecule has 3 rings (SSSR count). The van der Waals surface area contributed by atoms with Gasteiger partial charge >= 0.3 is 0 Å². The van der Waals surface area contributed by atoms with Crippen molar-refractivity contribution in [1.82, 2.24) is 15.1 Å². The van der Waals surface area contributed by atoms with Crippen LogP contribution in [0, 0.1) is 6.92 Å². The van der Waals surface area contributed by atoms with Crippen LogP contribution in [-0.2, 0) is 19.9 Å². The van der Waals surface area contributed by atoms with Crippen LogP contribution < -0.4 is 5.32 Å². The maximum atomic E-state index is 4.62. The number of hydrogen-bond acceptors (Lipinski definition) is 2. The molecule has 2 aromatic rings. The van der Waals surface area contributed by atoms with E-state index < -0.39 is 0 Å². The van der Waals surface area contributed by atoms with Crippen LogP contribution in [0.5, 0.6) is 0 Å². The van der Waals surface area contributed by atoms with Gasteiger partial charge in [-0.25, -0.2) is 0 Å². The Balaban J connectivity index is 1.92. The summed E-state index contributed by atoms with van der Waals surface area (Å²) in [5.74, 6) is 0. The molecular weight excluding hydrogens is 222 g/mol. The smallest absolute Gasteiger partial charge is 0.0687 e. The Morgan fingerprint density at radius 3 is 2.89 bits per heavy atom. The Morgan fingerprint density at radius 1 is 1.33 bits per heavy atom.